The molecule has 0 aliphatic rings. The summed E-state index contributed by atoms with van der Waals surface area (Å²) in [6.07, 6.45) is 0. The smallest absolute Gasteiger partial charge is 0.119 e. The minimum Gasteiger partial charge on any atom is -0.489 e. The summed E-state index contributed by atoms with van der Waals surface area (Å²) in [5.41, 5.74) is 3.62. The van der Waals surface area contributed by atoms with Gasteiger partial charge in [-0.25, -0.2) is 0 Å². The van der Waals surface area contributed by atoms with Gasteiger partial charge in [-0.15, -0.1) is 0 Å². The van der Waals surface area contributed by atoms with Crippen LogP contribution in [0.1, 0.15) is 5.56 Å². The highest BCUT2D eigenvalue weighted by Crippen LogP contribution is 2.21. The van der Waals surface area contributed by atoms with E-state index in [1.165, 1.54) is 11.1 Å². The Hall–Kier alpha value is -2.06. The molecule has 0 N–H and O–H groups in total. The SMILES string of the molecule is Brc1ccc(OCc2ccc(-c3ccccc3)cc2)cc1. The zero-order valence-corrected chi connectivity index (χ0v) is 13.1. The lowest BCUT2D eigenvalue weighted by Crippen LogP contribution is -1.95. The summed E-state index contributed by atoms with van der Waals surface area (Å²) in [6, 6.07) is 26.8. The molecule has 1 nitrogen and oxygen atoms in total. The average molecular weight is 339 g/mol. The predicted molar refractivity (Wildman–Crippen MR) is 90.4 cm³/mol. The summed E-state index contributed by atoms with van der Waals surface area (Å²) in [4.78, 5) is 0. The second-order valence-corrected chi connectivity index (χ2v) is 5.72. The Morgan fingerprint density at radius 3 is 1.95 bits per heavy atom. The van der Waals surface area contributed by atoms with Gasteiger partial charge >= 0.3 is 0 Å². The molecule has 3 aromatic carbocycles. The number of ether oxygens (including phenoxy) is 1. The molecule has 21 heavy (non-hydrogen) atoms. The molecule has 0 spiro atoms. The van der Waals surface area contributed by atoms with Crippen molar-refractivity contribution in [3.63, 3.8) is 0 Å². The largest absolute Gasteiger partial charge is 0.489 e. The molecule has 3 rings (SSSR count). The van der Waals surface area contributed by atoms with Gasteiger partial charge in [0.05, 0.1) is 0 Å². The third-order valence-corrected chi connectivity index (χ3v) is 3.81. The second-order valence-electron chi connectivity index (χ2n) is 4.81. The Morgan fingerprint density at radius 1 is 0.667 bits per heavy atom. The summed E-state index contributed by atoms with van der Waals surface area (Å²) in [5.74, 6) is 0.880. The maximum Gasteiger partial charge on any atom is 0.119 e. The Labute approximate surface area is 133 Å². The molecule has 0 saturated heterocycles. The quantitative estimate of drug-likeness (QED) is 0.593. The predicted octanol–water partition coefficient (Wildman–Crippen LogP) is 5.70. The van der Waals surface area contributed by atoms with Crippen LogP contribution in [0.3, 0.4) is 0 Å². The van der Waals surface area contributed by atoms with Crippen LogP contribution in [0, 0.1) is 0 Å². The topological polar surface area (TPSA) is 9.23 Å². The molecular weight excluding hydrogens is 324 g/mol. The first-order valence-electron chi connectivity index (χ1n) is 6.84. The van der Waals surface area contributed by atoms with Crippen molar-refractivity contribution in [1.29, 1.82) is 0 Å². The van der Waals surface area contributed by atoms with Gasteiger partial charge in [0.15, 0.2) is 0 Å². The van der Waals surface area contributed by atoms with E-state index in [1.54, 1.807) is 0 Å². The molecule has 0 bridgehead atoms. The van der Waals surface area contributed by atoms with E-state index >= 15 is 0 Å². The molecule has 0 fully saturated rings. The number of hydrogen-bond donors (Lipinski definition) is 0. The van der Waals surface area contributed by atoms with E-state index < -0.39 is 0 Å². The van der Waals surface area contributed by atoms with Crippen LogP contribution >= 0.6 is 15.9 Å². The van der Waals surface area contributed by atoms with Gasteiger partial charge in [0.2, 0.25) is 0 Å². The molecule has 2 heteroatoms. The Bertz CT molecular complexity index is 688. The first-order chi connectivity index (χ1) is 10.3. The zero-order chi connectivity index (χ0) is 14.5. The van der Waals surface area contributed by atoms with E-state index in [0.717, 1.165) is 15.8 Å². The maximum absolute atomic E-state index is 5.77. The number of rotatable bonds is 4. The van der Waals surface area contributed by atoms with Gasteiger partial charge in [-0.05, 0) is 41.0 Å². The van der Waals surface area contributed by atoms with Crippen molar-refractivity contribution in [3.05, 3.63) is 88.9 Å². The van der Waals surface area contributed by atoms with Crippen molar-refractivity contribution >= 4 is 15.9 Å². The normalized spacial score (nSPS) is 10.3. The van der Waals surface area contributed by atoms with E-state index in [2.05, 4.69) is 64.5 Å². The molecule has 3 aromatic rings. The van der Waals surface area contributed by atoms with Crippen molar-refractivity contribution < 1.29 is 4.74 Å². The van der Waals surface area contributed by atoms with Gasteiger partial charge < -0.3 is 4.74 Å². The van der Waals surface area contributed by atoms with Crippen LogP contribution in [0.25, 0.3) is 11.1 Å². The number of halogens is 1. The van der Waals surface area contributed by atoms with Crippen molar-refractivity contribution in [2.75, 3.05) is 0 Å². The van der Waals surface area contributed by atoms with Gasteiger partial charge in [-0.2, -0.15) is 0 Å². The van der Waals surface area contributed by atoms with E-state index in [1.807, 2.05) is 30.3 Å². The zero-order valence-electron chi connectivity index (χ0n) is 11.5. The fraction of sp³-hybridized carbons (Fsp3) is 0.0526. The summed E-state index contributed by atoms with van der Waals surface area (Å²) >= 11 is 3.42. The first kappa shape index (κ1) is 13.9. The van der Waals surface area contributed by atoms with E-state index in [4.69, 9.17) is 4.74 Å². The van der Waals surface area contributed by atoms with E-state index in [-0.39, 0.29) is 0 Å². The van der Waals surface area contributed by atoms with Gasteiger partial charge in [0, 0.05) is 4.47 Å². The monoisotopic (exact) mass is 338 g/mol. The van der Waals surface area contributed by atoms with Crippen LogP contribution in [-0.2, 0) is 6.61 Å². The fourth-order valence-corrected chi connectivity index (χ4v) is 2.39. The summed E-state index contributed by atoms with van der Waals surface area (Å²) < 4.78 is 6.83. The van der Waals surface area contributed by atoms with Gasteiger partial charge in [0.1, 0.15) is 12.4 Å². The third kappa shape index (κ3) is 3.73. The standard InChI is InChI=1S/C19H15BrO/c20-18-10-12-19(13-11-18)21-14-15-6-8-17(9-7-15)16-4-2-1-3-5-16/h1-13H,14H2. The minimum absolute atomic E-state index is 0.580. The lowest BCUT2D eigenvalue weighted by atomic mass is 10.0. The van der Waals surface area contributed by atoms with E-state index in [0.29, 0.717) is 6.61 Å². The second kappa shape index (κ2) is 6.59. The molecule has 0 aliphatic heterocycles. The van der Waals surface area contributed by atoms with Crippen LogP contribution in [0.4, 0.5) is 0 Å². The Kier molecular flexibility index (Phi) is 4.37. The Balaban J connectivity index is 1.66. The number of benzene rings is 3. The van der Waals surface area contributed by atoms with Crippen LogP contribution in [-0.4, -0.2) is 0 Å². The molecule has 0 radical (unpaired) electrons. The maximum atomic E-state index is 5.77. The lowest BCUT2D eigenvalue weighted by molar-refractivity contribution is 0.306. The van der Waals surface area contributed by atoms with Gasteiger partial charge in [-0.3, -0.25) is 0 Å². The first-order valence-corrected chi connectivity index (χ1v) is 7.63. The third-order valence-electron chi connectivity index (χ3n) is 3.28. The van der Waals surface area contributed by atoms with Crippen LogP contribution in [0.2, 0.25) is 0 Å². The molecule has 0 amide bonds. The fourth-order valence-electron chi connectivity index (χ4n) is 2.12. The van der Waals surface area contributed by atoms with Crippen LogP contribution in [0.15, 0.2) is 83.3 Å². The average Bonchev–Trinajstić information content (AvgIpc) is 2.56. The van der Waals surface area contributed by atoms with Crippen molar-refractivity contribution in [3.8, 4) is 16.9 Å². The summed E-state index contributed by atoms with van der Waals surface area (Å²) in [6.45, 7) is 0.580. The highest BCUT2D eigenvalue weighted by molar-refractivity contribution is 9.10. The van der Waals surface area contributed by atoms with Crippen LogP contribution in [0.5, 0.6) is 5.75 Å². The molecule has 104 valence electrons. The molecule has 0 aromatic heterocycles. The highest BCUT2D eigenvalue weighted by Gasteiger charge is 1.99. The lowest BCUT2D eigenvalue weighted by Gasteiger charge is -2.07. The number of hydrogen-bond acceptors (Lipinski definition) is 1. The summed E-state index contributed by atoms with van der Waals surface area (Å²) in [7, 11) is 0. The molecule has 0 unspecified atom stereocenters. The van der Waals surface area contributed by atoms with Crippen molar-refractivity contribution in [2.45, 2.75) is 6.61 Å². The van der Waals surface area contributed by atoms with Gasteiger partial charge in [-0.1, -0.05) is 70.5 Å². The van der Waals surface area contributed by atoms with Crippen molar-refractivity contribution in [1.82, 2.24) is 0 Å². The van der Waals surface area contributed by atoms with Crippen LogP contribution < -0.4 is 4.74 Å². The van der Waals surface area contributed by atoms with Gasteiger partial charge in [0.25, 0.3) is 0 Å². The highest BCUT2D eigenvalue weighted by atomic mass is 79.9. The van der Waals surface area contributed by atoms with Crippen molar-refractivity contribution in [2.24, 2.45) is 0 Å². The molecule has 0 aliphatic carbocycles. The Morgan fingerprint density at radius 2 is 1.29 bits per heavy atom. The van der Waals surface area contributed by atoms with E-state index in [9.17, 15) is 0 Å². The molecule has 0 atom stereocenters. The molecule has 0 heterocycles. The molecular formula is C19H15BrO. The molecule has 0 saturated carbocycles. The minimum atomic E-state index is 0.580. The summed E-state index contributed by atoms with van der Waals surface area (Å²) in [5, 5.41) is 0.